The molecule has 2 fully saturated rings. The molecule has 1 amide bonds. The fourth-order valence-electron chi connectivity index (χ4n) is 5.18. The van der Waals surface area contributed by atoms with Crippen LogP contribution in [0.25, 0.3) is 0 Å². The van der Waals surface area contributed by atoms with Crippen LogP contribution in [0.3, 0.4) is 0 Å². The molecule has 0 spiro atoms. The molecular formula is C27H40Cl2F3N3O4. The van der Waals surface area contributed by atoms with E-state index < -0.39 is 23.4 Å². The predicted molar refractivity (Wildman–Crippen MR) is 149 cm³/mol. The third-order valence-corrected chi connectivity index (χ3v) is 7.36. The van der Waals surface area contributed by atoms with E-state index in [1.807, 2.05) is 4.90 Å². The Hall–Kier alpha value is -2.01. The smallest absolute Gasteiger partial charge is 0.331 e. The Morgan fingerprint density at radius 1 is 1.03 bits per heavy atom. The molecule has 7 nitrogen and oxygen atoms in total. The molecule has 1 aromatic rings. The van der Waals surface area contributed by atoms with Crippen molar-refractivity contribution in [2.24, 2.45) is 5.92 Å². The third-order valence-electron chi connectivity index (χ3n) is 7.36. The minimum absolute atomic E-state index is 0. The largest absolute Gasteiger partial charge is 0.478 e. The molecule has 222 valence electrons. The van der Waals surface area contributed by atoms with E-state index in [0.29, 0.717) is 30.3 Å². The molecular weight excluding hydrogens is 558 g/mol. The van der Waals surface area contributed by atoms with Crippen LogP contribution in [0, 0.1) is 23.4 Å². The van der Waals surface area contributed by atoms with Crippen LogP contribution in [-0.4, -0.2) is 74.4 Å². The average Bonchev–Trinajstić information content (AvgIpc) is 3.43. The topological polar surface area (TPSA) is 82.1 Å². The molecule has 39 heavy (non-hydrogen) atoms. The van der Waals surface area contributed by atoms with Gasteiger partial charge in [0.1, 0.15) is 6.61 Å². The van der Waals surface area contributed by atoms with Crippen LogP contribution in [0.2, 0.25) is 0 Å². The molecule has 0 radical (unpaired) electrons. The van der Waals surface area contributed by atoms with Gasteiger partial charge in [-0.05, 0) is 63.8 Å². The van der Waals surface area contributed by atoms with E-state index in [-0.39, 0.29) is 43.4 Å². The number of halogens is 5. The van der Waals surface area contributed by atoms with Crippen LogP contribution < -0.4 is 10.2 Å². The lowest BCUT2D eigenvalue weighted by Gasteiger charge is -2.37. The molecule has 0 atom stereocenters. The zero-order valence-electron chi connectivity index (χ0n) is 22.3. The number of amides is 1. The fourth-order valence-corrected chi connectivity index (χ4v) is 5.18. The van der Waals surface area contributed by atoms with Crippen LogP contribution in [0.15, 0.2) is 23.8 Å². The van der Waals surface area contributed by atoms with Gasteiger partial charge < -0.3 is 20.1 Å². The molecule has 0 unspecified atom stereocenters. The van der Waals surface area contributed by atoms with Crippen molar-refractivity contribution in [1.82, 2.24) is 10.2 Å². The van der Waals surface area contributed by atoms with E-state index in [0.717, 1.165) is 83.1 Å². The van der Waals surface area contributed by atoms with E-state index in [9.17, 15) is 22.8 Å². The molecule has 12 heteroatoms. The number of methoxy groups -OCH3 is 1. The van der Waals surface area contributed by atoms with Crippen molar-refractivity contribution in [2.45, 2.75) is 57.4 Å². The lowest BCUT2D eigenvalue weighted by atomic mass is 9.84. The fraction of sp³-hybridized carbons (Fsp3) is 0.630. The predicted octanol–water partition coefficient (Wildman–Crippen LogP) is 4.96. The monoisotopic (exact) mass is 597 g/mol. The standard InChI is InChI=1S/C21H30F3N3O2.C6H8O2.2ClH/c1-29-14-20(28)25-16-4-2-15(3-5-16)6-7-26-8-10-27(11-9-26)17-12-18(22)21(24)19(23)13-17;7-6(8)5-3-1-2-4-5;;/h12-13,15-16H,2-11,14H2,1H3,(H,25,28);3H,1-2,4H2,(H,7,8);2*1H. The van der Waals surface area contributed by atoms with Gasteiger partial charge >= 0.3 is 5.97 Å². The SMILES string of the molecule is COCC(=O)NC1CCC(CCN2CCN(c3cc(F)c(F)c(F)c3)CC2)CC1.Cl.Cl.O=C(O)C1=CCCC1. The first-order valence-electron chi connectivity index (χ1n) is 13.1. The molecule has 1 heterocycles. The number of allylic oxidation sites excluding steroid dienone is 1. The van der Waals surface area contributed by atoms with Gasteiger partial charge in [-0.15, -0.1) is 24.8 Å². The van der Waals surface area contributed by atoms with Gasteiger partial charge in [-0.3, -0.25) is 9.69 Å². The van der Waals surface area contributed by atoms with E-state index >= 15 is 0 Å². The molecule has 0 aromatic heterocycles. The number of carboxylic acid groups (broad SMARTS) is 1. The van der Waals surface area contributed by atoms with Gasteiger partial charge in [0.05, 0.1) is 0 Å². The van der Waals surface area contributed by atoms with Gasteiger partial charge in [0.2, 0.25) is 5.91 Å². The number of piperazine rings is 1. The number of aliphatic carboxylic acids is 1. The summed E-state index contributed by atoms with van der Waals surface area (Å²) in [7, 11) is 1.52. The molecule has 0 bridgehead atoms. The maximum atomic E-state index is 13.5. The molecule has 1 saturated heterocycles. The van der Waals surface area contributed by atoms with Crippen LogP contribution in [0.1, 0.15) is 51.4 Å². The summed E-state index contributed by atoms with van der Waals surface area (Å²) in [5, 5.41) is 11.4. The normalized spacial score (nSPS) is 21.0. The van der Waals surface area contributed by atoms with Crippen LogP contribution in [0.4, 0.5) is 18.9 Å². The first-order valence-corrected chi connectivity index (χ1v) is 13.1. The second-order valence-corrected chi connectivity index (χ2v) is 9.99. The van der Waals surface area contributed by atoms with Crippen molar-refractivity contribution in [3.8, 4) is 0 Å². The highest BCUT2D eigenvalue weighted by Crippen LogP contribution is 2.28. The maximum absolute atomic E-state index is 13.5. The summed E-state index contributed by atoms with van der Waals surface area (Å²) in [6.45, 7) is 4.10. The second kappa shape index (κ2) is 17.6. The Labute approximate surface area is 240 Å². The molecule has 1 aromatic carbocycles. The molecule has 3 aliphatic rings. The Balaban J connectivity index is 0.000000655. The van der Waals surface area contributed by atoms with E-state index in [4.69, 9.17) is 9.84 Å². The summed E-state index contributed by atoms with van der Waals surface area (Å²) in [6, 6.07) is 2.39. The summed E-state index contributed by atoms with van der Waals surface area (Å²) in [5.41, 5.74) is 0.986. The number of hydrogen-bond acceptors (Lipinski definition) is 5. The number of carbonyl (C=O) groups is 2. The average molecular weight is 599 g/mol. The lowest BCUT2D eigenvalue weighted by Crippen LogP contribution is -2.47. The van der Waals surface area contributed by atoms with E-state index in [2.05, 4.69) is 10.2 Å². The number of hydrogen-bond donors (Lipinski definition) is 2. The second-order valence-electron chi connectivity index (χ2n) is 9.99. The number of carbonyl (C=O) groups excluding carboxylic acids is 1. The van der Waals surface area contributed by atoms with Crippen molar-refractivity contribution in [3.63, 3.8) is 0 Å². The van der Waals surface area contributed by atoms with Gasteiger partial charge in [-0.1, -0.05) is 6.08 Å². The van der Waals surface area contributed by atoms with Gasteiger partial charge in [0, 0.05) is 62.7 Å². The Morgan fingerprint density at radius 3 is 2.13 bits per heavy atom. The van der Waals surface area contributed by atoms with Crippen molar-refractivity contribution < 1.29 is 32.6 Å². The number of anilines is 1. The van der Waals surface area contributed by atoms with E-state index in [1.165, 1.54) is 7.11 Å². The Kier molecular flexibility index (Phi) is 15.8. The zero-order valence-corrected chi connectivity index (χ0v) is 23.9. The molecule has 2 N–H and O–H groups in total. The highest BCUT2D eigenvalue weighted by atomic mass is 35.5. The van der Waals surface area contributed by atoms with Crippen LogP contribution in [-0.2, 0) is 14.3 Å². The van der Waals surface area contributed by atoms with Crippen molar-refractivity contribution in [2.75, 3.05) is 51.3 Å². The van der Waals surface area contributed by atoms with Crippen molar-refractivity contribution >= 4 is 42.4 Å². The minimum Gasteiger partial charge on any atom is -0.478 e. The maximum Gasteiger partial charge on any atom is 0.331 e. The first kappa shape index (κ1) is 35.0. The van der Waals surface area contributed by atoms with Crippen LogP contribution in [0.5, 0.6) is 0 Å². The first-order chi connectivity index (χ1) is 17.8. The van der Waals surface area contributed by atoms with Crippen molar-refractivity contribution in [1.29, 1.82) is 0 Å². The number of nitrogens with zero attached hydrogens (tertiary/aromatic N) is 2. The molecule has 4 rings (SSSR count). The van der Waals surface area contributed by atoms with E-state index in [1.54, 1.807) is 6.08 Å². The molecule has 1 aliphatic heterocycles. The van der Waals surface area contributed by atoms with Gasteiger partial charge in [-0.2, -0.15) is 0 Å². The molecule has 2 aliphatic carbocycles. The lowest BCUT2D eigenvalue weighted by molar-refractivity contribution is -0.132. The summed E-state index contributed by atoms with van der Waals surface area (Å²) in [6.07, 6.45) is 9.89. The highest BCUT2D eigenvalue weighted by Gasteiger charge is 2.24. The Morgan fingerprint density at radius 2 is 1.64 bits per heavy atom. The summed E-state index contributed by atoms with van der Waals surface area (Å²) >= 11 is 0. The number of carboxylic acids is 1. The number of benzene rings is 1. The van der Waals surface area contributed by atoms with Gasteiger partial charge in [0.15, 0.2) is 17.5 Å². The number of ether oxygens (including phenoxy) is 1. The van der Waals surface area contributed by atoms with Crippen LogP contribution >= 0.6 is 24.8 Å². The highest BCUT2D eigenvalue weighted by molar-refractivity contribution is 5.87. The minimum atomic E-state index is -1.42. The summed E-state index contributed by atoms with van der Waals surface area (Å²) in [5.74, 6) is -3.82. The van der Waals surface area contributed by atoms with Gasteiger partial charge in [-0.25, -0.2) is 18.0 Å². The third kappa shape index (κ3) is 11.2. The Bertz CT molecular complexity index is 931. The summed E-state index contributed by atoms with van der Waals surface area (Å²) in [4.78, 5) is 26.0. The molecule has 1 saturated carbocycles. The summed E-state index contributed by atoms with van der Waals surface area (Å²) < 4.78 is 44.9. The van der Waals surface area contributed by atoms with Gasteiger partial charge in [0.25, 0.3) is 0 Å². The van der Waals surface area contributed by atoms with Crippen molar-refractivity contribution in [3.05, 3.63) is 41.2 Å². The quantitative estimate of drug-likeness (QED) is 0.412. The number of rotatable bonds is 8. The number of nitrogens with one attached hydrogen (secondary N) is 1. The zero-order chi connectivity index (χ0) is 26.8.